The molecule has 4 heterocycles. The number of rotatable bonds is 4. The number of hydrogen-bond acceptors (Lipinski definition) is 5. The van der Waals surface area contributed by atoms with Gasteiger partial charge in [0.1, 0.15) is 0 Å². The molecule has 2 aliphatic heterocycles. The number of nitrogens with zero attached hydrogens (tertiary/aromatic N) is 3. The van der Waals surface area contributed by atoms with E-state index < -0.39 is 0 Å². The summed E-state index contributed by atoms with van der Waals surface area (Å²) in [4.78, 5) is 23.5. The Kier molecular flexibility index (Phi) is 6.09. The van der Waals surface area contributed by atoms with Crippen LogP contribution in [0.4, 0.5) is 0 Å². The van der Waals surface area contributed by atoms with Gasteiger partial charge in [0.05, 0.1) is 17.4 Å². The number of carbonyl (C=O) groups excluding carboxylic acids is 1. The van der Waals surface area contributed by atoms with E-state index in [2.05, 4.69) is 34.3 Å². The Bertz CT molecular complexity index is 818. The van der Waals surface area contributed by atoms with Crippen molar-refractivity contribution in [2.45, 2.75) is 52.3 Å². The maximum Gasteiger partial charge on any atom is 0.255 e. The average molecular weight is 400 g/mol. The molecule has 0 N–H and O–H groups in total. The van der Waals surface area contributed by atoms with Gasteiger partial charge in [-0.1, -0.05) is 13.0 Å². The van der Waals surface area contributed by atoms with Crippen molar-refractivity contribution in [1.29, 1.82) is 0 Å². The lowest BCUT2D eigenvalue weighted by Crippen LogP contribution is -2.37. The van der Waals surface area contributed by atoms with Crippen LogP contribution in [0.25, 0.3) is 0 Å². The number of thiophene rings is 1. The summed E-state index contributed by atoms with van der Waals surface area (Å²) in [5.41, 5.74) is 4.57. The van der Waals surface area contributed by atoms with Crippen molar-refractivity contribution in [1.82, 2.24) is 14.8 Å². The highest BCUT2D eigenvalue weighted by Crippen LogP contribution is 2.30. The molecule has 6 heteroatoms. The van der Waals surface area contributed by atoms with Gasteiger partial charge in [0.15, 0.2) is 0 Å². The molecule has 2 aromatic rings. The van der Waals surface area contributed by atoms with Gasteiger partial charge in [-0.15, -0.1) is 11.3 Å². The minimum Gasteiger partial charge on any atom is -0.377 e. The standard InChI is InChI=1S/C22H29N3O2S/c1-3-17-5-6-18(23-11-17)13-24-9-7-19-20(15-28-21(19)14-24)22(26)25-8-4-10-27-16(2)12-25/h5-6,11,15-16H,3-4,7-10,12-14H2,1-2H3/t16-/m0/s1. The summed E-state index contributed by atoms with van der Waals surface area (Å²) in [5, 5.41) is 2.07. The van der Waals surface area contributed by atoms with E-state index in [1.807, 2.05) is 18.0 Å². The third-order valence-corrected chi connectivity index (χ3v) is 6.69. The fourth-order valence-electron chi connectivity index (χ4n) is 4.03. The Hall–Kier alpha value is -1.76. The van der Waals surface area contributed by atoms with Crippen molar-refractivity contribution < 1.29 is 9.53 Å². The maximum atomic E-state index is 13.1. The first-order valence-electron chi connectivity index (χ1n) is 10.3. The van der Waals surface area contributed by atoms with Gasteiger partial charge in [-0.3, -0.25) is 14.7 Å². The SMILES string of the molecule is CCc1ccc(CN2CCc3c(C(=O)N4CCCO[C@@H](C)C4)csc3C2)nc1. The van der Waals surface area contributed by atoms with Gasteiger partial charge in [0, 0.05) is 55.8 Å². The molecule has 1 fully saturated rings. The van der Waals surface area contributed by atoms with E-state index in [0.717, 1.165) is 63.3 Å². The van der Waals surface area contributed by atoms with Crippen molar-refractivity contribution in [2.75, 3.05) is 26.2 Å². The first-order valence-corrected chi connectivity index (χ1v) is 11.2. The molecule has 2 aliphatic rings. The lowest BCUT2D eigenvalue weighted by Gasteiger charge is -2.28. The summed E-state index contributed by atoms with van der Waals surface area (Å²) >= 11 is 1.73. The van der Waals surface area contributed by atoms with E-state index in [9.17, 15) is 4.79 Å². The molecule has 0 radical (unpaired) electrons. The smallest absolute Gasteiger partial charge is 0.255 e. The molecule has 0 aliphatic carbocycles. The highest BCUT2D eigenvalue weighted by atomic mass is 32.1. The van der Waals surface area contributed by atoms with E-state index >= 15 is 0 Å². The van der Waals surface area contributed by atoms with E-state index in [0.29, 0.717) is 6.54 Å². The Morgan fingerprint density at radius 1 is 1.36 bits per heavy atom. The summed E-state index contributed by atoms with van der Waals surface area (Å²) < 4.78 is 5.69. The molecule has 0 bridgehead atoms. The fraction of sp³-hybridized carbons (Fsp3) is 0.545. The lowest BCUT2D eigenvalue weighted by atomic mass is 10.0. The molecule has 2 aromatic heterocycles. The van der Waals surface area contributed by atoms with Crippen LogP contribution in [0.15, 0.2) is 23.7 Å². The summed E-state index contributed by atoms with van der Waals surface area (Å²) in [6.07, 6.45) is 4.97. The van der Waals surface area contributed by atoms with E-state index in [1.54, 1.807) is 11.3 Å². The zero-order valence-electron chi connectivity index (χ0n) is 16.8. The van der Waals surface area contributed by atoms with Gasteiger partial charge in [-0.25, -0.2) is 0 Å². The molecule has 0 spiro atoms. The van der Waals surface area contributed by atoms with Gasteiger partial charge in [-0.2, -0.15) is 0 Å². The summed E-state index contributed by atoms with van der Waals surface area (Å²) in [6.45, 7) is 9.17. The topological polar surface area (TPSA) is 45.7 Å². The van der Waals surface area contributed by atoms with Gasteiger partial charge in [0.2, 0.25) is 0 Å². The molecule has 1 saturated heterocycles. The molecule has 1 amide bonds. The van der Waals surface area contributed by atoms with Crippen LogP contribution in [0, 0.1) is 0 Å². The predicted molar refractivity (Wildman–Crippen MR) is 112 cm³/mol. The minimum absolute atomic E-state index is 0.114. The highest BCUT2D eigenvalue weighted by molar-refractivity contribution is 7.10. The summed E-state index contributed by atoms with van der Waals surface area (Å²) in [6, 6.07) is 4.31. The number of carbonyl (C=O) groups is 1. The molecule has 0 saturated carbocycles. The van der Waals surface area contributed by atoms with Crippen LogP contribution < -0.4 is 0 Å². The van der Waals surface area contributed by atoms with E-state index in [4.69, 9.17) is 4.74 Å². The van der Waals surface area contributed by atoms with Gasteiger partial charge >= 0.3 is 0 Å². The quantitative estimate of drug-likeness (QED) is 0.789. The molecule has 150 valence electrons. The third-order valence-electron chi connectivity index (χ3n) is 5.68. The Morgan fingerprint density at radius 3 is 3.04 bits per heavy atom. The molecule has 1 atom stereocenters. The number of aryl methyl sites for hydroxylation is 1. The number of pyridine rings is 1. The van der Waals surface area contributed by atoms with E-state index in [-0.39, 0.29) is 12.0 Å². The summed E-state index contributed by atoms with van der Waals surface area (Å²) in [7, 11) is 0. The van der Waals surface area contributed by atoms with Crippen LogP contribution in [0.1, 0.15) is 52.3 Å². The highest BCUT2D eigenvalue weighted by Gasteiger charge is 2.28. The van der Waals surface area contributed by atoms with Gasteiger partial charge < -0.3 is 9.64 Å². The predicted octanol–water partition coefficient (Wildman–Crippen LogP) is 3.51. The molecule has 4 rings (SSSR count). The average Bonchev–Trinajstić information content (AvgIpc) is 3.01. The molecule has 28 heavy (non-hydrogen) atoms. The number of fused-ring (bicyclic) bond motifs is 1. The minimum atomic E-state index is 0.114. The monoisotopic (exact) mass is 399 g/mol. The normalized spacial score (nSPS) is 20.6. The Labute approximate surface area is 171 Å². The van der Waals surface area contributed by atoms with Crippen LogP contribution in [0.3, 0.4) is 0 Å². The van der Waals surface area contributed by atoms with Crippen LogP contribution in [0.5, 0.6) is 0 Å². The van der Waals surface area contributed by atoms with Gasteiger partial charge in [-0.05, 0) is 43.4 Å². The second-order valence-electron chi connectivity index (χ2n) is 7.81. The van der Waals surface area contributed by atoms with E-state index in [1.165, 1.54) is 16.0 Å². The van der Waals surface area contributed by atoms with Crippen molar-refractivity contribution >= 4 is 17.2 Å². The first-order chi connectivity index (χ1) is 13.6. The Balaban J connectivity index is 1.43. The molecular formula is C22H29N3O2S. The Morgan fingerprint density at radius 2 is 2.25 bits per heavy atom. The fourth-order valence-corrected chi connectivity index (χ4v) is 5.15. The zero-order valence-corrected chi connectivity index (χ0v) is 17.6. The van der Waals surface area contributed by atoms with Crippen molar-refractivity contribution in [3.63, 3.8) is 0 Å². The number of hydrogen-bond donors (Lipinski definition) is 0. The first kappa shape index (κ1) is 19.6. The van der Waals surface area contributed by atoms with Crippen LogP contribution in [-0.4, -0.2) is 53.0 Å². The summed E-state index contributed by atoms with van der Waals surface area (Å²) in [5.74, 6) is 0.181. The zero-order chi connectivity index (χ0) is 19.5. The second-order valence-corrected chi connectivity index (χ2v) is 8.77. The second kappa shape index (κ2) is 8.72. The van der Waals surface area contributed by atoms with Gasteiger partial charge in [0.25, 0.3) is 5.91 Å². The molecule has 0 aromatic carbocycles. The van der Waals surface area contributed by atoms with Crippen LogP contribution >= 0.6 is 11.3 Å². The lowest BCUT2D eigenvalue weighted by molar-refractivity contribution is 0.0562. The van der Waals surface area contributed by atoms with Crippen molar-refractivity contribution in [2.24, 2.45) is 0 Å². The largest absolute Gasteiger partial charge is 0.377 e. The number of aromatic nitrogens is 1. The maximum absolute atomic E-state index is 13.1. The molecule has 5 nitrogen and oxygen atoms in total. The third kappa shape index (κ3) is 4.29. The molecule has 0 unspecified atom stereocenters. The number of ether oxygens (including phenoxy) is 1. The van der Waals surface area contributed by atoms with Crippen molar-refractivity contribution in [3.8, 4) is 0 Å². The number of amides is 1. The molecular weight excluding hydrogens is 370 g/mol. The van der Waals surface area contributed by atoms with Crippen LogP contribution in [0.2, 0.25) is 0 Å². The van der Waals surface area contributed by atoms with Crippen molar-refractivity contribution in [3.05, 3.63) is 51.0 Å². The van der Waals surface area contributed by atoms with Crippen LogP contribution in [-0.2, 0) is 30.7 Å².